The molecule has 0 atom stereocenters. The first-order chi connectivity index (χ1) is 7.90. The van der Waals surface area contributed by atoms with Crippen molar-refractivity contribution in [2.45, 2.75) is 0 Å². The Morgan fingerprint density at radius 2 is 1.88 bits per heavy atom. The van der Waals surface area contributed by atoms with Gasteiger partial charge in [0.25, 0.3) is 5.69 Å². The molecule has 0 aliphatic rings. The van der Waals surface area contributed by atoms with E-state index in [2.05, 4.69) is 0 Å². The molecule has 1 aromatic carbocycles. The minimum Gasteiger partial charge on any atom is -0.366 e. The Balaban J connectivity index is 3.26. The van der Waals surface area contributed by atoms with E-state index in [9.17, 15) is 19.7 Å². The maximum atomic E-state index is 11.0. The lowest BCUT2D eigenvalue weighted by molar-refractivity contribution is -0.384. The quantitative estimate of drug-likeness (QED) is 0.438. The highest BCUT2D eigenvalue weighted by Gasteiger charge is 2.11. The number of nitro benzene ring substituents is 1. The molecule has 0 saturated carbocycles. The fraction of sp³-hybridized carbons (Fsp3) is 0. The van der Waals surface area contributed by atoms with Crippen LogP contribution in [0.4, 0.5) is 5.69 Å². The number of primary amides is 2. The summed E-state index contributed by atoms with van der Waals surface area (Å²) in [6.45, 7) is 0. The van der Waals surface area contributed by atoms with Crippen LogP contribution >= 0.6 is 0 Å². The Labute approximate surface area is 95.9 Å². The van der Waals surface area contributed by atoms with E-state index in [-0.39, 0.29) is 11.3 Å². The highest BCUT2D eigenvalue weighted by molar-refractivity contribution is 5.95. The number of carbonyl (C=O) groups is 2. The van der Waals surface area contributed by atoms with Gasteiger partial charge in [-0.05, 0) is 17.7 Å². The summed E-state index contributed by atoms with van der Waals surface area (Å²) in [6, 6.07) is 3.59. The molecule has 0 aliphatic carbocycles. The number of hydrogen-bond acceptors (Lipinski definition) is 4. The molecule has 88 valence electrons. The molecule has 0 radical (unpaired) electrons. The van der Waals surface area contributed by atoms with Crippen LogP contribution in [0.1, 0.15) is 15.9 Å². The van der Waals surface area contributed by atoms with Gasteiger partial charge in [0.2, 0.25) is 11.8 Å². The molecule has 0 bridgehead atoms. The third-order valence-electron chi connectivity index (χ3n) is 1.88. The lowest BCUT2D eigenvalue weighted by atomic mass is 10.1. The lowest BCUT2D eigenvalue weighted by Gasteiger charge is -1.99. The molecule has 7 nitrogen and oxygen atoms in total. The van der Waals surface area contributed by atoms with E-state index in [1.54, 1.807) is 0 Å². The summed E-state index contributed by atoms with van der Waals surface area (Å²) in [6.07, 6.45) is 2.30. The van der Waals surface area contributed by atoms with E-state index in [1.165, 1.54) is 18.2 Å². The molecule has 17 heavy (non-hydrogen) atoms. The number of hydrogen-bond donors (Lipinski definition) is 2. The van der Waals surface area contributed by atoms with Crippen LogP contribution in [0.2, 0.25) is 0 Å². The summed E-state index contributed by atoms with van der Waals surface area (Å²) < 4.78 is 0. The van der Waals surface area contributed by atoms with E-state index >= 15 is 0 Å². The molecular formula is C10H9N3O4. The third kappa shape index (κ3) is 3.42. The Hall–Kier alpha value is -2.70. The molecule has 0 unspecified atom stereocenters. The number of nitro groups is 1. The van der Waals surface area contributed by atoms with E-state index in [4.69, 9.17) is 11.5 Å². The topological polar surface area (TPSA) is 129 Å². The smallest absolute Gasteiger partial charge is 0.270 e. The Morgan fingerprint density at radius 3 is 2.35 bits per heavy atom. The molecule has 2 amide bonds. The number of nitrogens with zero attached hydrogens (tertiary/aromatic N) is 1. The second-order valence-electron chi connectivity index (χ2n) is 3.17. The lowest BCUT2D eigenvalue weighted by Crippen LogP contribution is -2.11. The van der Waals surface area contributed by atoms with Crippen LogP contribution in [-0.2, 0) is 4.79 Å². The molecule has 0 fully saturated rings. The number of benzene rings is 1. The highest BCUT2D eigenvalue weighted by Crippen LogP contribution is 2.18. The van der Waals surface area contributed by atoms with Crippen molar-refractivity contribution in [1.82, 2.24) is 0 Å². The Morgan fingerprint density at radius 1 is 1.24 bits per heavy atom. The van der Waals surface area contributed by atoms with Gasteiger partial charge >= 0.3 is 0 Å². The van der Waals surface area contributed by atoms with Crippen LogP contribution in [0.5, 0.6) is 0 Å². The minimum absolute atomic E-state index is 0.0108. The number of rotatable bonds is 4. The Bertz CT molecular complexity index is 490. The van der Waals surface area contributed by atoms with Crippen molar-refractivity contribution in [1.29, 1.82) is 0 Å². The minimum atomic E-state index is -0.789. The summed E-state index contributed by atoms with van der Waals surface area (Å²) in [5, 5.41) is 10.6. The summed E-state index contributed by atoms with van der Waals surface area (Å²) in [5.41, 5.74) is 9.92. The van der Waals surface area contributed by atoms with Crippen LogP contribution in [0.3, 0.4) is 0 Å². The predicted octanol–water partition coefficient (Wildman–Crippen LogP) is 0.192. The molecule has 7 heteroatoms. The molecular weight excluding hydrogens is 226 g/mol. The van der Waals surface area contributed by atoms with Crippen LogP contribution in [0.15, 0.2) is 24.3 Å². The van der Waals surface area contributed by atoms with Gasteiger partial charge in [0.1, 0.15) is 0 Å². The first kappa shape index (κ1) is 12.4. The largest absolute Gasteiger partial charge is 0.366 e. The second-order valence-corrected chi connectivity index (χ2v) is 3.17. The number of carbonyl (C=O) groups excluding carboxylic acids is 2. The SMILES string of the molecule is NC(=O)C=Cc1cc(C(N)=O)cc([N+](=O)[O-])c1. The third-order valence-corrected chi connectivity index (χ3v) is 1.88. The highest BCUT2D eigenvalue weighted by atomic mass is 16.6. The van der Waals surface area contributed by atoms with Gasteiger partial charge in [0.15, 0.2) is 0 Å². The van der Waals surface area contributed by atoms with Gasteiger partial charge in [-0.2, -0.15) is 0 Å². The van der Waals surface area contributed by atoms with Crippen molar-refractivity contribution < 1.29 is 14.5 Å². The Kier molecular flexibility index (Phi) is 3.55. The maximum Gasteiger partial charge on any atom is 0.270 e. The van der Waals surface area contributed by atoms with Crippen molar-refractivity contribution in [3.05, 3.63) is 45.5 Å². The zero-order valence-electron chi connectivity index (χ0n) is 8.62. The molecule has 0 aromatic heterocycles. The molecule has 0 heterocycles. The second kappa shape index (κ2) is 4.88. The molecule has 0 aliphatic heterocycles. The summed E-state index contributed by atoms with van der Waals surface area (Å²) >= 11 is 0. The van der Waals surface area contributed by atoms with Gasteiger partial charge in [-0.25, -0.2) is 0 Å². The van der Waals surface area contributed by atoms with E-state index in [0.29, 0.717) is 5.56 Å². The first-order valence-corrected chi connectivity index (χ1v) is 4.47. The molecule has 0 spiro atoms. The fourth-order valence-corrected chi connectivity index (χ4v) is 1.16. The standard InChI is InChI=1S/C10H9N3O4/c11-9(14)2-1-6-3-7(10(12)15)5-8(4-6)13(16)17/h1-5H,(H2,11,14)(H2,12,15). The molecule has 0 saturated heterocycles. The van der Waals surface area contributed by atoms with Gasteiger partial charge in [-0.3, -0.25) is 19.7 Å². The van der Waals surface area contributed by atoms with Gasteiger partial charge in [0, 0.05) is 23.8 Å². The van der Waals surface area contributed by atoms with E-state index in [0.717, 1.165) is 12.1 Å². The fourth-order valence-electron chi connectivity index (χ4n) is 1.16. The van der Waals surface area contributed by atoms with Crippen LogP contribution in [0.25, 0.3) is 6.08 Å². The number of non-ortho nitro benzene ring substituents is 1. The average Bonchev–Trinajstić information content (AvgIpc) is 2.25. The molecule has 4 N–H and O–H groups in total. The van der Waals surface area contributed by atoms with Crippen LogP contribution in [-0.4, -0.2) is 16.7 Å². The molecule has 1 aromatic rings. The van der Waals surface area contributed by atoms with Gasteiger partial charge < -0.3 is 11.5 Å². The van der Waals surface area contributed by atoms with Crippen LogP contribution in [0, 0.1) is 10.1 Å². The van der Waals surface area contributed by atoms with Crippen molar-refractivity contribution in [3.8, 4) is 0 Å². The summed E-state index contributed by atoms with van der Waals surface area (Å²) in [5.74, 6) is -1.49. The van der Waals surface area contributed by atoms with Crippen LogP contribution < -0.4 is 11.5 Å². The van der Waals surface area contributed by atoms with Crippen molar-refractivity contribution in [2.24, 2.45) is 11.5 Å². The average molecular weight is 235 g/mol. The summed E-state index contributed by atoms with van der Waals surface area (Å²) in [4.78, 5) is 31.4. The monoisotopic (exact) mass is 235 g/mol. The van der Waals surface area contributed by atoms with Crippen molar-refractivity contribution >= 4 is 23.6 Å². The number of nitrogens with two attached hydrogens (primary N) is 2. The van der Waals surface area contributed by atoms with E-state index < -0.39 is 16.7 Å². The first-order valence-electron chi connectivity index (χ1n) is 4.47. The number of amides is 2. The summed E-state index contributed by atoms with van der Waals surface area (Å²) in [7, 11) is 0. The van der Waals surface area contributed by atoms with Gasteiger partial charge in [0.05, 0.1) is 4.92 Å². The zero-order chi connectivity index (χ0) is 13.0. The van der Waals surface area contributed by atoms with Gasteiger partial charge in [-0.1, -0.05) is 0 Å². The zero-order valence-corrected chi connectivity index (χ0v) is 8.62. The van der Waals surface area contributed by atoms with Crippen molar-refractivity contribution in [2.75, 3.05) is 0 Å². The normalized spacial score (nSPS) is 10.4. The molecule has 1 rings (SSSR count). The van der Waals surface area contributed by atoms with Crippen molar-refractivity contribution in [3.63, 3.8) is 0 Å². The predicted molar refractivity (Wildman–Crippen MR) is 59.8 cm³/mol. The van der Waals surface area contributed by atoms with E-state index in [1.807, 2.05) is 0 Å². The maximum absolute atomic E-state index is 11.0. The van der Waals surface area contributed by atoms with Gasteiger partial charge in [-0.15, -0.1) is 0 Å².